The van der Waals surface area contributed by atoms with E-state index in [-0.39, 0.29) is 21.7 Å². The van der Waals surface area contributed by atoms with Crippen molar-refractivity contribution in [2.45, 2.75) is 37.6 Å². The van der Waals surface area contributed by atoms with Gasteiger partial charge in [0, 0.05) is 11.3 Å². The quantitative estimate of drug-likeness (QED) is 0.409. The van der Waals surface area contributed by atoms with Crippen molar-refractivity contribution in [1.29, 1.82) is 0 Å². The molecule has 1 N–H and O–H groups in total. The summed E-state index contributed by atoms with van der Waals surface area (Å²) in [4.78, 5) is 4.61. The highest BCUT2D eigenvalue weighted by molar-refractivity contribution is 7.91. The molecule has 0 aliphatic heterocycles. The molecule has 6 heteroatoms. The van der Waals surface area contributed by atoms with Crippen LogP contribution in [0.4, 0.5) is 11.6 Å². The molecule has 1 aromatic heterocycles. The van der Waals surface area contributed by atoms with Crippen molar-refractivity contribution in [2.24, 2.45) is 0 Å². The fourth-order valence-corrected chi connectivity index (χ4v) is 4.76. The van der Waals surface area contributed by atoms with Crippen LogP contribution in [0.5, 0.6) is 0 Å². The van der Waals surface area contributed by atoms with Crippen molar-refractivity contribution in [3.8, 4) is 11.5 Å². The summed E-state index contributed by atoms with van der Waals surface area (Å²) in [5.74, 6) is 0.361. The van der Waals surface area contributed by atoms with E-state index in [0.717, 1.165) is 33.5 Å². The van der Waals surface area contributed by atoms with Crippen LogP contribution in [-0.4, -0.2) is 13.4 Å². The van der Waals surface area contributed by atoms with Crippen molar-refractivity contribution in [2.75, 3.05) is 5.32 Å². The van der Waals surface area contributed by atoms with Crippen LogP contribution < -0.4 is 5.32 Å². The van der Waals surface area contributed by atoms with Gasteiger partial charge in [-0.15, -0.1) is 0 Å². The maximum absolute atomic E-state index is 13.5. The number of aryl methyl sites for hydroxylation is 4. The number of benzene rings is 3. The Morgan fingerprint density at radius 3 is 2.10 bits per heavy atom. The molecule has 0 aliphatic rings. The lowest BCUT2D eigenvalue weighted by Crippen LogP contribution is -2.05. The molecular formula is C25H24N2O3S. The number of hydrogen-bond acceptors (Lipinski definition) is 5. The van der Waals surface area contributed by atoms with Crippen molar-refractivity contribution in [3.63, 3.8) is 0 Å². The van der Waals surface area contributed by atoms with Gasteiger partial charge in [0.15, 0.2) is 0 Å². The van der Waals surface area contributed by atoms with Crippen LogP contribution in [0.2, 0.25) is 0 Å². The summed E-state index contributed by atoms with van der Waals surface area (Å²) in [7, 11) is -3.89. The fourth-order valence-electron chi connectivity index (χ4n) is 3.50. The number of rotatable bonds is 5. The Bertz CT molecular complexity index is 1330. The second-order valence-electron chi connectivity index (χ2n) is 7.79. The van der Waals surface area contributed by atoms with Gasteiger partial charge in [-0.05, 0) is 74.7 Å². The second-order valence-corrected chi connectivity index (χ2v) is 9.65. The van der Waals surface area contributed by atoms with E-state index in [2.05, 4.69) is 10.3 Å². The molecule has 158 valence electrons. The van der Waals surface area contributed by atoms with E-state index in [4.69, 9.17) is 4.42 Å². The first-order valence-corrected chi connectivity index (χ1v) is 11.5. The summed E-state index contributed by atoms with van der Waals surface area (Å²) in [6.45, 7) is 7.82. The van der Waals surface area contributed by atoms with Crippen LogP contribution in [0.1, 0.15) is 22.3 Å². The molecule has 0 bridgehead atoms. The van der Waals surface area contributed by atoms with Crippen LogP contribution in [-0.2, 0) is 9.84 Å². The van der Waals surface area contributed by atoms with E-state index in [1.807, 2.05) is 70.2 Å². The van der Waals surface area contributed by atoms with Crippen LogP contribution in [0.3, 0.4) is 0 Å². The average Bonchev–Trinajstić information content (AvgIpc) is 3.12. The largest absolute Gasteiger partial charge is 0.419 e. The molecule has 0 radical (unpaired) electrons. The molecule has 4 aromatic rings. The van der Waals surface area contributed by atoms with Gasteiger partial charge in [-0.2, -0.15) is 4.98 Å². The van der Waals surface area contributed by atoms with Gasteiger partial charge in [-0.1, -0.05) is 42.0 Å². The highest BCUT2D eigenvalue weighted by Gasteiger charge is 2.29. The molecule has 3 aromatic carbocycles. The van der Waals surface area contributed by atoms with E-state index in [1.54, 1.807) is 24.3 Å². The molecule has 4 rings (SSSR count). The minimum absolute atomic E-state index is 0.101. The molecular weight excluding hydrogens is 408 g/mol. The first-order chi connectivity index (χ1) is 14.7. The zero-order valence-electron chi connectivity index (χ0n) is 17.9. The van der Waals surface area contributed by atoms with Crippen LogP contribution in [0, 0.1) is 27.7 Å². The molecule has 5 nitrogen and oxygen atoms in total. The van der Waals surface area contributed by atoms with Crippen molar-refractivity contribution in [3.05, 3.63) is 89.0 Å². The van der Waals surface area contributed by atoms with Gasteiger partial charge < -0.3 is 9.73 Å². The molecule has 0 amide bonds. The maximum Gasteiger partial charge on any atom is 0.238 e. The highest BCUT2D eigenvalue weighted by Crippen LogP contribution is 2.35. The number of sulfone groups is 1. The van der Waals surface area contributed by atoms with Crippen molar-refractivity contribution >= 4 is 21.4 Å². The molecule has 0 saturated carbocycles. The minimum Gasteiger partial charge on any atom is -0.419 e. The Balaban J connectivity index is 1.88. The number of nitrogens with one attached hydrogen (secondary N) is 1. The van der Waals surface area contributed by atoms with Gasteiger partial charge in [0.2, 0.25) is 26.6 Å². The van der Waals surface area contributed by atoms with Gasteiger partial charge in [0.25, 0.3) is 0 Å². The summed E-state index contributed by atoms with van der Waals surface area (Å²) in [5.41, 5.74) is 5.53. The summed E-state index contributed by atoms with van der Waals surface area (Å²) in [6.07, 6.45) is 0. The number of hydrogen-bond donors (Lipinski definition) is 1. The van der Waals surface area contributed by atoms with Crippen LogP contribution >= 0.6 is 0 Å². The molecule has 0 aliphatic carbocycles. The predicted octanol–water partition coefficient (Wildman–Crippen LogP) is 6.15. The molecule has 0 spiro atoms. The number of nitrogens with zero attached hydrogens (tertiary/aromatic N) is 1. The van der Waals surface area contributed by atoms with Crippen LogP contribution in [0.25, 0.3) is 11.5 Å². The Kier molecular flexibility index (Phi) is 5.41. The molecule has 0 atom stereocenters. The SMILES string of the molecule is Cc1ccc(S(=O)(=O)c2nc(-c3ccccc3C)oc2Nc2cc(C)cc(C)c2)cc1. The Hall–Kier alpha value is -3.38. The normalized spacial score (nSPS) is 11.5. The first kappa shape index (κ1) is 20.9. The summed E-state index contributed by atoms with van der Waals surface area (Å²) in [6, 6.07) is 20.2. The first-order valence-electron chi connectivity index (χ1n) is 9.98. The average molecular weight is 433 g/mol. The zero-order valence-corrected chi connectivity index (χ0v) is 18.7. The monoisotopic (exact) mass is 432 g/mol. The second kappa shape index (κ2) is 8.04. The summed E-state index contributed by atoms with van der Waals surface area (Å²) >= 11 is 0. The molecule has 0 fully saturated rings. The van der Waals surface area contributed by atoms with Crippen molar-refractivity contribution in [1.82, 2.24) is 4.98 Å². The highest BCUT2D eigenvalue weighted by atomic mass is 32.2. The Labute approximate surface area is 182 Å². The molecule has 0 unspecified atom stereocenters. The van der Waals surface area contributed by atoms with Gasteiger partial charge in [0.1, 0.15) is 0 Å². The molecule has 0 saturated heterocycles. The third kappa shape index (κ3) is 4.25. The Morgan fingerprint density at radius 2 is 1.45 bits per heavy atom. The summed E-state index contributed by atoms with van der Waals surface area (Å²) < 4.78 is 32.9. The van der Waals surface area contributed by atoms with E-state index in [9.17, 15) is 8.42 Å². The number of oxazole rings is 1. The zero-order chi connectivity index (χ0) is 22.2. The number of aromatic nitrogens is 1. The minimum atomic E-state index is -3.89. The van der Waals surface area contributed by atoms with E-state index in [0.29, 0.717) is 0 Å². The van der Waals surface area contributed by atoms with Gasteiger partial charge in [-0.3, -0.25) is 0 Å². The summed E-state index contributed by atoms with van der Waals surface area (Å²) in [5, 5.41) is 3.01. The Morgan fingerprint density at radius 1 is 0.806 bits per heavy atom. The third-order valence-electron chi connectivity index (χ3n) is 5.04. The standard InChI is InChI=1S/C25H24N2O3S/c1-16-9-11-21(12-10-16)31(28,29)25-24(26-20-14-17(2)13-18(3)15-20)30-23(27-25)22-8-6-5-7-19(22)4/h5-15,26H,1-4H3. The van der Waals surface area contributed by atoms with Crippen LogP contribution in [0.15, 0.2) is 81.1 Å². The maximum atomic E-state index is 13.5. The topological polar surface area (TPSA) is 72.2 Å². The lowest BCUT2D eigenvalue weighted by molar-refractivity contribution is 0.581. The lowest BCUT2D eigenvalue weighted by Gasteiger charge is -2.08. The third-order valence-corrected chi connectivity index (χ3v) is 6.72. The van der Waals surface area contributed by atoms with E-state index < -0.39 is 9.84 Å². The van der Waals surface area contributed by atoms with Gasteiger partial charge in [-0.25, -0.2) is 8.42 Å². The smallest absolute Gasteiger partial charge is 0.238 e. The molecule has 31 heavy (non-hydrogen) atoms. The van der Waals surface area contributed by atoms with Crippen molar-refractivity contribution < 1.29 is 12.8 Å². The van der Waals surface area contributed by atoms with Gasteiger partial charge in [0.05, 0.1) is 4.90 Å². The van der Waals surface area contributed by atoms with E-state index >= 15 is 0 Å². The van der Waals surface area contributed by atoms with E-state index in [1.165, 1.54) is 0 Å². The van der Waals surface area contributed by atoms with Gasteiger partial charge >= 0.3 is 0 Å². The number of anilines is 2. The molecule has 1 heterocycles. The predicted molar refractivity (Wildman–Crippen MR) is 123 cm³/mol. The lowest BCUT2D eigenvalue weighted by atomic mass is 10.1. The fraction of sp³-hybridized carbons (Fsp3) is 0.160.